The molecule has 1 N–H and O–H groups in total. The lowest BCUT2D eigenvalue weighted by Gasteiger charge is -2.38. The smallest absolute Gasteiger partial charge is 0.475 e. The van der Waals surface area contributed by atoms with Gasteiger partial charge in [-0.25, -0.2) is 13.2 Å². The van der Waals surface area contributed by atoms with E-state index in [9.17, 15) is 21.6 Å². The second-order valence-electron chi connectivity index (χ2n) is 7.00. The molecule has 0 saturated carbocycles. The summed E-state index contributed by atoms with van der Waals surface area (Å²) in [6, 6.07) is 3.86. The van der Waals surface area contributed by atoms with Gasteiger partial charge in [-0.2, -0.15) is 17.5 Å². The zero-order chi connectivity index (χ0) is 21.7. The topological polar surface area (TPSA) is 106 Å². The molecule has 2 atom stereocenters. The Balaban J connectivity index is 0.000000370. The van der Waals surface area contributed by atoms with E-state index in [0.29, 0.717) is 26.3 Å². The molecule has 0 amide bonds. The van der Waals surface area contributed by atoms with Crippen LogP contribution in [-0.4, -0.2) is 72.6 Å². The number of alkyl halides is 3. The fraction of sp³-hybridized carbons (Fsp3) is 0.647. The van der Waals surface area contributed by atoms with Gasteiger partial charge in [-0.3, -0.25) is 4.98 Å². The third-order valence-corrected chi connectivity index (χ3v) is 5.85. The molecule has 0 aliphatic carbocycles. The van der Waals surface area contributed by atoms with Crippen molar-refractivity contribution >= 4 is 16.0 Å². The van der Waals surface area contributed by atoms with E-state index < -0.39 is 22.2 Å². The summed E-state index contributed by atoms with van der Waals surface area (Å²) < 4.78 is 68.6. The number of nitrogens with zero attached hydrogens (tertiary/aromatic N) is 2. The molecule has 8 nitrogen and oxygen atoms in total. The molecule has 0 radical (unpaired) electrons. The Labute approximate surface area is 166 Å². The molecule has 2 saturated heterocycles. The highest BCUT2D eigenvalue weighted by Gasteiger charge is 2.45. The zero-order valence-corrected chi connectivity index (χ0v) is 16.6. The van der Waals surface area contributed by atoms with Crippen LogP contribution < -0.4 is 0 Å². The van der Waals surface area contributed by atoms with Gasteiger partial charge in [0.2, 0.25) is 10.0 Å². The molecule has 1 aromatic rings. The summed E-state index contributed by atoms with van der Waals surface area (Å²) in [4.78, 5) is 13.0. The van der Waals surface area contributed by atoms with E-state index in [1.54, 1.807) is 12.4 Å². The quantitative estimate of drug-likeness (QED) is 0.761. The summed E-state index contributed by atoms with van der Waals surface area (Å²) in [5.74, 6) is -2.76. The molecular formula is C17H23F3N2O6S. The van der Waals surface area contributed by atoms with Crippen molar-refractivity contribution in [3.63, 3.8) is 0 Å². The largest absolute Gasteiger partial charge is 0.490 e. The van der Waals surface area contributed by atoms with Gasteiger partial charge in [0.15, 0.2) is 0 Å². The molecule has 0 unspecified atom stereocenters. The third-order valence-electron chi connectivity index (χ3n) is 4.60. The van der Waals surface area contributed by atoms with Crippen molar-refractivity contribution in [1.29, 1.82) is 0 Å². The minimum Gasteiger partial charge on any atom is -0.475 e. The van der Waals surface area contributed by atoms with Crippen molar-refractivity contribution in [1.82, 2.24) is 9.29 Å². The normalized spacial score (nSPS) is 25.4. The Hall–Kier alpha value is -1.76. The highest BCUT2D eigenvalue weighted by molar-refractivity contribution is 7.88. The maximum absolute atomic E-state index is 11.8. The van der Waals surface area contributed by atoms with E-state index in [1.165, 1.54) is 10.6 Å². The minimum absolute atomic E-state index is 0.0136. The van der Waals surface area contributed by atoms with Crippen LogP contribution in [0.5, 0.6) is 0 Å². The van der Waals surface area contributed by atoms with Gasteiger partial charge in [0, 0.05) is 31.9 Å². The van der Waals surface area contributed by atoms with Crippen LogP contribution in [-0.2, 0) is 30.9 Å². The number of carboxylic acid groups (broad SMARTS) is 1. The lowest BCUT2D eigenvalue weighted by Crippen LogP contribution is -2.49. The van der Waals surface area contributed by atoms with E-state index in [0.717, 1.165) is 24.8 Å². The molecule has 3 heterocycles. The molecule has 3 rings (SSSR count). The van der Waals surface area contributed by atoms with Crippen LogP contribution >= 0.6 is 0 Å². The fourth-order valence-corrected chi connectivity index (χ4v) is 4.16. The van der Waals surface area contributed by atoms with Gasteiger partial charge >= 0.3 is 12.1 Å². The van der Waals surface area contributed by atoms with Crippen molar-refractivity contribution in [2.45, 2.75) is 43.8 Å². The summed E-state index contributed by atoms with van der Waals surface area (Å²) >= 11 is 0. The van der Waals surface area contributed by atoms with Gasteiger partial charge in [-0.05, 0) is 24.5 Å². The predicted octanol–water partition coefficient (Wildman–Crippen LogP) is 1.81. The van der Waals surface area contributed by atoms with Crippen LogP contribution in [0.15, 0.2) is 24.5 Å². The van der Waals surface area contributed by atoms with Crippen molar-refractivity contribution < 1.29 is 41.0 Å². The Morgan fingerprint density at radius 1 is 1.48 bits per heavy atom. The monoisotopic (exact) mass is 440 g/mol. The van der Waals surface area contributed by atoms with Crippen LogP contribution in [0.4, 0.5) is 13.2 Å². The first kappa shape index (κ1) is 23.5. The minimum atomic E-state index is -5.08. The van der Waals surface area contributed by atoms with E-state index >= 15 is 0 Å². The molecule has 0 aromatic carbocycles. The van der Waals surface area contributed by atoms with Gasteiger partial charge in [-0.1, -0.05) is 6.07 Å². The molecule has 1 spiro atoms. The van der Waals surface area contributed by atoms with Crippen LogP contribution in [0.3, 0.4) is 0 Å². The van der Waals surface area contributed by atoms with Crippen LogP contribution in [0.2, 0.25) is 0 Å². The lowest BCUT2D eigenvalue weighted by molar-refractivity contribution is -0.192. The number of aromatic nitrogens is 1. The molecule has 1 aromatic heterocycles. The molecule has 164 valence electrons. The Kier molecular flexibility index (Phi) is 7.60. The highest BCUT2D eigenvalue weighted by atomic mass is 32.2. The fourth-order valence-electron chi connectivity index (χ4n) is 3.23. The molecule has 2 aliphatic rings. The number of halogens is 3. The average Bonchev–Trinajstić information content (AvgIpc) is 3.02. The first-order valence-corrected chi connectivity index (χ1v) is 10.7. The van der Waals surface area contributed by atoms with Crippen molar-refractivity contribution in [2.24, 2.45) is 0 Å². The average molecular weight is 440 g/mol. The summed E-state index contributed by atoms with van der Waals surface area (Å²) in [6.45, 7) is 2.06. The number of hydrogen-bond donors (Lipinski definition) is 1. The number of carboxylic acids is 1. The number of pyridine rings is 1. The van der Waals surface area contributed by atoms with Gasteiger partial charge in [0.05, 0.1) is 31.2 Å². The molecular weight excluding hydrogens is 417 g/mol. The standard InChI is InChI=1S/C15H22N2O4S.C2HF3O2/c1-22(18,19)17-7-3-5-15(12-17)8-14(11-21-15)20-10-13-4-2-6-16-9-13;3-2(4,5)1(6)7/h2,4,6,9,14H,3,5,7-8,10-12H2,1H3;(H,6,7)/t14-,15+;/m1./s1. The maximum atomic E-state index is 11.8. The maximum Gasteiger partial charge on any atom is 0.490 e. The third kappa shape index (κ3) is 7.21. The van der Waals surface area contributed by atoms with Crippen LogP contribution in [0, 0.1) is 0 Å². The Morgan fingerprint density at radius 3 is 2.72 bits per heavy atom. The summed E-state index contributed by atoms with van der Waals surface area (Å²) in [6.07, 6.45) is 2.20. The predicted molar refractivity (Wildman–Crippen MR) is 95.5 cm³/mol. The molecule has 2 aliphatic heterocycles. The number of rotatable bonds is 4. The van der Waals surface area contributed by atoms with Crippen molar-refractivity contribution in [3.8, 4) is 0 Å². The molecule has 2 fully saturated rings. The van der Waals surface area contributed by atoms with Crippen LogP contribution in [0.1, 0.15) is 24.8 Å². The first-order valence-electron chi connectivity index (χ1n) is 8.81. The van der Waals surface area contributed by atoms with Gasteiger partial charge in [0.1, 0.15) is 0 Å². The van der Waals surface area contributed by atoms with Gasteiger partial charge in [0.25, 0.3) is 0 Å². The van der Waals surface area contributed by atoms with E-state index in [4.69, 9.17) is 19.4 Å². The SMILES string of the molecule is CS(=O)(=O)N1CCC[C@]2(C[C@@H](OCc3cccnc3)CO2)C1.O=C(O)C(F)(F)F. The van der Waals surface area contributed by atoms with E-state index in [-0.39, 0.29) is 11.7 Å². The van der Waals surface area contributed by atoms with Crippen molar-refractivity contribution in [2.75, 3.05) is 26.0 Å². The summed E-state index contributed by atoms with van der Waals surface area (Å²) in [5.41, 5.74) is 0.658. The second-order valence-corrected chi connectivity index (χ2v) is 8.98. The van der Waals surface area contributed by atoms with Gasteiger partial charge < -0.3 is 14.6 Å². The Bertz CT molecular complexity index is 790. The van der Waals surface area contributed by atoms with E-state index in [2.05, 4.69) is 4.98 Å². The molecule has 0 bridgehead atoms. The zero-order valence-electron chi connectivity index (χ0n) is 15.8. The van der Waals surface area contributed by atoms with Crippen molar-refractivity contribution in [3.05, 3.63) is 30.1 Å². The molecule has 12 heteroatoms. The van der Waals surface area contributed by atoms with E-state index in [1.807, 2.05) is 12.1 Å². The number of sulfonamides is 1. The summed E-state index contributed by atoms with van der Waals surface area (Å²) in [5, 5.41) is 7.12. The number of hydrogen-bond acceptors (Lipinski definition) is 6. The number of ether oxygens (including phenoxy) is 2. The number of carbonyl (C=O) groups is 1. The van der Waals surface area contributed by atoms with Gasteiger partial charge in [-0.15, -0.1) is 0 Å². The molecule has 29 heavy (non-hydrogen) atoms. The second kappa shape index (κ2) is 9.37. The first-order chi connectivity index (χ1) is 13.4. The summed E-state index contributed by atoms with van der Waals surface area (Å²) in [7, 11) is -3.16. The lowest BCUT2D eigenvalue weighted by atomic mass is 9.90. The van der Waals surface area contributed by atoms with Crippen LogP contribution in [0.25, 0.3) is 0 Å². The highest BCUT2D eigenvalue weighted by Crippen LogP contribution is 2.36. The number of aliphatic carboxylic acids is 1. The number of piperidine rings is 1. The Morgan fingerprint density at radius 2 is 2.17 bits per heavy atom.